The van der Waals surface area contributed by atoms with Crippen LogP contribution in [0.25, 0.3) is 22.5 Å². The van der Waals surface area contributed by atoms with Gasteiger partial charge in [0, 0.05) is 16.0 Å². The second kappa shape index (κ2) is 11.1. The topological polar surface area (TPSA) is 78.7 Å². The monoisotopic (exact) mass is 538 g/mol. The summed E-state index contributed by atoms with van der Waals surface area (Å²) in [7, 11) is 0. The van der Waals surface area contributed by atoms with Crippen LogP contribution in [0.1, 0.15) is 43.2 Å². The maximum atomic E-state index is 13.0. The van der Waals surface area contributed by atoms with Gasteiger partial charge in [-0.15, -0.1) is 11.3 Å². The highest BCUT2D eigenvalue weighted by molar-refractivity contribution is 7.99. The van der Waals surface area contributed by atoms with E-state index < -0.39 is 0 Å². The molecule has 1 N–H and O–H groups in total. The Labute approximate surface area is 232 Å². The number of amides is 1. The van der Waals surface area contributed by atoms with Gasteiger partial charge in [-0.3, -0.25) is 4.79 Å². The van der Waals surface area contributed by atoms with E-state index in [2.05, 4.69) is 32.2 Å². The maximum absolute atomic E-state index is 13.0. The predicted molar refractivity (Wildman–Crippen MR) is 156 cm³/mol. The van der Waals surface area contributed by atoms with Crippen molar-refractivity contribution in [3.05, 3.63) is 82.7 Å². The highest BCUT2D eigenvalue weighted by atomic mass is 32.2. The molecule has 5 rings (SSSR count). The lowest BCUT2D eigenvalue weighted by Crippen LogP contribution is -2.26. The fourth-order valence-electron chi connectivity index (χ4n) is 4.83. The molecule has 0 spiro atoms. The quantitative estimate of drug-likeness (QED) is 0.202. The van der Waals surface area contributed by atoms with Gasteiger partial charge in [0.1, 0.15) is 11.1 Å². The minimum Gasteiger partial charge on any atom is -0.316 e. The standard InChI is InChI=1S/C31H30N4OS2/c1-31(2,3)22-14-15-23-24(18-32)29(38-27(23)16-22)35-28(36)19-37-30-33-25(20-10-6-4-7-11-20)17-26(34-30)21-12-8-5-9-13-21/h4-13,17,22H,14-16,19H2,1-3H3,(H,35,36)/t22-/m0/s1. The number of thioether (sulfide) groups is 1. The molecule has 0 unspecified atom stereocenters. The summed E-state index contributed by atoms with van der Waals surface area (Å²) in [4.78, 5) is 23.7. The Morgan fingerprint density at radius 2 is 1.66 bits per heavy atom. The number of hydrogen-bond donors (Lipinski definition) is 1. The Hall–Kier alpha value is -3.47. The lowest BCUT2D eigenvalue weighted by atomic mass is 9.72. The summed E-state index contributed by atoms with van der Waals surface area (Å²) in [5, 5.41) is 14.1. The number of carbonyl (C=O) groups is 1. The van der Waals surface area contributed by atoms with E-state index in [0.29, 0.717) is 21.6 Å². The zero-order valence-corrected chi connectivity index (χ0v) is 23.5. The van der Waals surface area contributed by atoms with Crippen molar-refractivity contribution in [2.24, 2.45) is 11.3 Å². The molecule has 1 aliphatic rings. The first-order valence-corrected chi connectivity index (χ1v) is 14.6. The van der Waals surface area contributed by atoms with E-state index in [-0.39, 0.29) is 17.1 Å². The summed E-state index contributed by atoms with van der Waals surface area (Å²) < 4.78 is 0. The van der Waals surface area contributed by atoms with Gasteiger partial charge in [0.15, 0.2) is 5.16 Å². The number of aromatic nitrogens is 2. The highest BCUT2D eigenvalue weighted by Gasteiger charge is 2.32. The Bertz CT molecular complexity index is 1430. The van der Waals surface area contributed by atoms with Gasteiger partial charge in [-0.1, -0.05) is 93.2 Å². The third-order valence-corrected chi connectivity index (χ3v) is 9.05. The van der Waals surface area contributed by atoms with Gasteiger partial charge in [0.05, 0.1) is 22.7 Å². The van der Waals surface area contributed by atoms with Crippen molar-refractivity contribution in [1.82, 2.24) is 9.97 Å². The van der Waals surface area contributed by atoms with E-state index in [1.807, 2.05) is 66.7 Å². The van der Waals surface area contributed by atoms with Crippen molar-refractivity contribution in [2.45, 2.75) is 45.2 Å². The summed E-state index contributed by atoms with van der Waals surface area (Å²) in [6.07, 6.45) is 2.93. The van der Waals surface area contributed by atoms with E-state index >= 15 is 0 Å². The van der Waals surface area contributed by atoms with E-state index in [1.165, 1.54) is 16.6 Å². The van der Waals surface area contributed by atoms with E-state index in [9.17, 15) is 10.1 Å². The first kappa shape index (κ1) is 26.1. The van der Waals surface area contributed by atoms with Crippen LogP contribution in [0.2, 0.25) is 0 Å². The van der Waals surface area contributed by atoms with Gasteiger partial charge >= 0.3 is 0 Å². The van der Waals surface area contributed by atoms with Gasteiger partial charge in [0.2, 0.25) is 5.91 Å². The average molecular weight is 539 g/mol. The van der Waals surface area contributed by atoms with Crippen LogP contribution in [-0.2, 0) is 17.6 Å². The van der Waals surface area contributed by atoms with Crippen LogP contribution in [0.3, 0.4) is 0 Å². The summed E-state index contributed by atoms with van der Waals surface area (Å²) in [6.45, 7) is 6.83. The van der Waals surface area contributed by atoms with Gasteiger partial charge in [-0.2, -0.15) is 5.26 Å². The third-order valence-electron chi connectivity index (χ3n) is 7.03. The molecule has 0 bridgehead atoms. The number of hydrogen-bond acceptors (Lipinski definition) is 6. The molecule has 7 heteroatoms. The van der Waals surface area contributed by atoms with Gasteiger partial charge < -0.3 is 5.32 Å². The maximum Gasteiger partial charge on any atom is 0.235 e. The number of thiophene rings is 1. The number of nitrogens with one attached hydrogen (secondary N) is 1. The number of anilines is 1. The predicted octanol–water partition coefficient (Wildman–Crippen LogP) is 7.63. The molecule has 1 atom stereocenters. The fourth-order valence-corrected chi connectivity index (χ4v) is 6.78. The molecule has 2 heterocycles. The van der Waals surface area contributed by atoms with Crippen LogP contribution in [0.4, 0.5) is 5.00 Å². The lowest BCUT2D eigenvalue weighted by Gasteiger charge is -2.33. The van der Waals surface area contributed by atoms with Crippen molar-refractivity contribution in [3.8, 4) is 28.6 Å². The number of carbonyl (C=O) groups excluding carboxylic acids is 1. The van der Waals surface area contributed by atoms with Crippen LogP contribution in [0.15, 0.2) is 71.9 Å². The van der Waals surface area contributed by atoms with Crippen molar-refractivity contribution < 1.29 is 4.79 Å². The van der Waals surface area contributed by atoms with Gasteiger partial charge in [-0.25, -0.2) is 9.97 Å². The molecule has 192 valence electrons. The van der Waals surface area contributed by atoms with E-state index in [0.717, 1.165) is 47.3 Å². The molecule has 0 radical (unpaired) electrons. The van der Waals surface area contributed by atoms with Crippen LogP contribution < -0.4 is 5.32 Å². The molecule has 4 aromatic rings. The van der Waals surface area contributed by atoms with Crippen molar-refractivity contribution in [2.75, 3.05) is 11.1 Å². The Kier molecular flexibility index (Phi) is 7.64. The zero-order valence-electron chi connectivity index (χ0n) is 21.8. The highest BCUT2D eigenvalue weighted by Crippen LogP contribution is 2.44. The molecule has 0 aliphatic heterocycles. The molecule has 5 nitrogen and oxygen atoms in total. The Morgan fingerprint density at radius 3 is 2.21 bits per heavy atom. The summed E-state index contributed by atoms with van der Waals surface area (Å²) in [6, 6.07) is 24.3. The normalized spacial score (nSPS) is 14.9. The zero-order chi connectivity index (χ0) is 26.7. The number of benzene rings is 2. The molecular weight excluding hydrogens is 509 g/mol. The van der Waals surface area contributed by atoms with Crippen molar-refractivity contribution in [3.63, 3.8) is 0 Å². The fraction of sp³-hybridized carbons (Fsp3) is 0.290. The minimum atomic E-state index is -0.160. The van der Waals surface area contributed by atoms with Gasteiger partial charge in [0.25, 0.3) is 0 Å². The van der Waals surface area contributed by atoms with E-state index in [4.69, 9.17) is 9.97 Å². The smallest absolute Gasteiger partial charge is 0.235 e. The third kappa shape index (κ3) is 5.82. The van der Waals surface area contributed by atoms with E-state index in [1.54, 1.807) is 11.3 Å². The number of nitrogens with zero attached hydrogens (tertiary/aromatic N) is 3. The molecule has 0 saturated carbocycles. The van der Waals surface area contributed by atoms with Crippen LogP contribution in [-0.4, -0.2) is 21.6 Å². The lowest BCUT2D eigenvalue weighted by molar-refractivity contribution is -0.113. The first-order chi connectivity index (χ1) is 18.3. The van der Waals surface area contributed by atoms with Crippen LogP contribution in [0.5, 0.6) is 0 Å². The van der Waals surface area contributed by atoms with Crippen LogP contribution in [0, 0.1) is 22.7 Å². The van der Waals surface area contributed by atoms with Gasteiger partial charge in [-0.05, 0) is 42.2 Å². The Morgan fingerprint density at radius 1 is 1.05 bits per heavy atom. The molecule has 1 amide bonds. The number of fused-ring (bicyclic) bond motifs is 1. The molecule has 0 saturated heterocycles. The molecule has 2 aromatic heterocycles. The Balaban J connectivity index is 1.34. The average Bonchev–Trinajstić information content (AvgIpc) is 3.28. The van der Waals surface area contributed by atoms with Crippen molar-refractivity contribution in [1.29, 1.82) is 5.26 Å². The number of rotatable bonds is 6. The SMILES string of the molecule is CC(C)(C)[C@H]1CCc2c(sc(NC(=O)CSc3nc(-c4ccccc4)cc(-c4ccccc4)n3)c2C#N)C1. The second-order valence-electron chi connectivity index (χ2n) is 10.6. The summed E-state index contributed by atoms with van der Waals surface area (Å²) in [5.41, 5.74) is 5.59. The largest absolute Gasteiger partial charge is 0.316 e. The minimum absolute atomic E-state index is 0.157. The molecule has 0 fully saturated rings. The molecular formula is C31H30N4OS2. The van der Waals surface area contributed by atoms with Crippen molar-refractivity contribution >= 4 is 34.0 Å². The summed E-state index contributed by atoms with van der Waals surface area (Å²) in [5.74, 6) is 0.574. The molecule has 1 aliphatic carbocycles. The number of nitriles is 1. The summed E-state index contributed by atoms with van der Waals surface area (Å²) >= 11 is 2.87. The molecule has 2 aromatic carbocycles. The first-order valence-electron chi connectivity index (χ1n) is 12.8. The molecule has 38 heavy (non-hydrogen) atoms. The second-order valence-corrected chi connectivity index (χ2v) is 12.7. The van der Waals surface area contributed by atoms with Crippen LogP contribution >= 0.6 is 23.1 Å².